The molecule has 0 saturated carbocycles. The first kappa shape index (κ1) is 19.1. The molecule has 11 heteroatoms. The number of carbonyl (C=O) groups excluding carboxylic acids is 1. The van der Waals surface area contributed by atoms with Gasteiger partial charge in [0.05, 0.1) is 0 Å². The van der Waals surface area contributed by atoms with E-state index in [-0.39, 0.29) is 23.2 Å². The molecular weight excluding hydrogens is 385 g/mol. The quantitative estimate of drug-likeness (QED) is 0.615. The summed E-state index contributed by atoms with van der Waals surface area (Å²) < 4.78 is 94.6. The molecule has 0 spiro atoms. The third kappa shape index (κ3) is 3.72. The average Bonchev–Trinajstić information content (AvgIpc) is 2.95. The van der Waals surface area contributed by atoms with Crippen LogP contribution in [0.25, 0.3) is 11.1 Å². The molecule has 2 heterocycles. The van der Waals surface area contributed by atoms with Crippen molar-refractivity contribution in [3.05, 3.63) is 53.1 Å². The normalized spacial score (nSPS) is 16.9. The number of hydrogen-bond acceptors (Lipinski definition) is 4. The monoisotopic (exact) mass is 394 g/mol. The van der Waals surface area contributed by atoms with Gasteiger partial charge >= 0.3 is 18.3 Å². The summed E-state index contributed by atoms with van der Waals surface area (Å²) in [4.78, 5) is 14.1. The molecule has 1 atom stereocenters. The average molecular weight is 394 g/mol. The minimum Gasteiger partial charge on any atom is -0.436 e. The van der Waals surface area contributed by atoms with Crippen molar-refractivity contribution >= 4 is 5.97 Å². The number of halogens is 7. The molecule has 1 aromatic heterocycles. The maximum atomic E-state index is 14.0. The number of nitrogens with one attached hydrogen (secondary N) is 1. The maximum Gasteiger partial charge on any atom is 0.490 e. The Bertz CT molecular complexity index is 893. The molecule has 3 rings (SSSR count). The first-order valence-electron chi connectivity index (χ1n) is 7.34. The van der Waals surface area contributed by atoms with Crippen LogP contribution >= 0.6 is 0 Å². The molecule has 27 heavy (non-hydrogen) atoms. The fourth-order valence-corrected chi connectivity index (χ4v) is 2.69. The zero-order chi connectivity index (χ0) is 20.0. The molecule has 0 radical (unpaired) electrons. The predicted molar refractivity (Wildman–Crippen MR) is 76.4 cm³/mol. The first-order chi connectivity index (χ1) is 12.5. The van der Waals surface area contributed by atoms with Crippen molar-refractivity contribution in [2.45, 2.75) is 25.1 Å². The van der Waals surface area contributed by atoms with Crippen LogP contribution in [-0.2, 0) is 22.3 Å². The number of alkyl halides is 6. The van der Waals surface area contributed by atoms with E-state index in [2.05, 4.69) is 15.0 Å². The van der Waals surface area contributed by atoms with Crippen molar-refractivity contribution in [3.8, 4) is 11.1 Å². The summed E-state index contributed by atoms with van der Waals surface area (Å²) in [5.41, 5.74) is -1.95. The Labute approximate surface area is 147 Å². The molecule has 1 N–H and O–H groups in total. The minimum atomic E-state index is -5.19. The molecule has 144 valence electrons. The molecule has 1 aromatic carbocycles. The fourth-order valence-electron chi connectivity index (χ4n) is 2.69. The molecule has 1 aliphatic rings. The summed E-state index contributed by atoms with van der Waals surface area (Å²) in [6, 6.07) is 4.21. The molecule has 0 bridgehead atoms. The summed E-state index contributed by atoms with van der Waals surface area (Å²) in [6.07, 6.45) is -10.8. The molecule has 4 nitrogen and oxygen atoms in total. The van der Waals surface area contributed by atoms with Crippen molar-refractivity contribution in [3.63, 3.8) is 0 Å². The van der Waals surface area contributed by atoms with Crippen LogP contribution in [0.4, 0.5) is 30.7 Å². The van der Waals surface area contributed by atoms with Crippen molar-refractivity contribution in [1.29, 1.82) is 0 Å². The van der Waals surface area contributed by atoms with Gasteiger partial charge in [-0.15, -0.1) is 0 Å². The standard InChI is InChI=1S/C16H9F7N2O2/c17-10-3-4-24-12(15(18,19)20)11(10)7-1-2-9-8(5-7)6-25-13(9)27-14(26)16(21,22)23/h1-5,13,25H,6H2. The van der Waals surface area contributed by atoms with Crippen molar-refractivity contribution < 1.29 is 40.3 Å². The highest BCUT2D eigenvalue weighted by molar-refractivity contribution is 5.76. The number of fused-ring (bicyclic) bond motifs is 1. The molecule has 0 aliphatic carbocycles. The second-order valence-electron chi connectivity index (χ2n) is 5.59. The zero-order valence-electron chi connectivity index (χ0n) is 13.1. The predicted octanol–water partition coefficient (Wildman–Crippen LogP) is 4.11. The Morgan fingerprint density at radius 1 is 1.15 bits per heavy atom. The number of aromatic nitrogens is 1. The first-order valence-corrected chi connectivity index (χ1v) is 7.34. The number of pyridine rings is 1. The number of hydrogen-bond donors (Lipinski definition) is 1. The number of benzene rings is 1. The van der Waals surface area contributed by atoms with E-state index in [4.69, 9.17) is 0 Å². The molecule has 1 aliphatic heterocycles. The van der Waals surface area contributed by atoms with E-state index in [1.165, 1.54) is 12.1 Å². The highest BCUT2D eigenvalue weighted by Gasteiger charge is 2.43. The van der Waals surface area contributed by atoms with E-state index in [0.717, 1.165) is 12.1 Å². The Morgan fingerprint density at radius 3 is 2.48 bits per heavy atom. The number of esters is 1. The van der Waals surface area contributed by atoms with E-state index >= 15 is 0 Å². The topological polar surface area (TPSA) is 51.2 Å². The van der Waals surface area contributed by atoms with E-state index in [1.54, 1.807) is 0 Å². The maximum absolute atomic E-state index is 14.0. The van der Waals surface area contributed by atoms with Gasteiger partial charge in [0.25, 0.3) is 0 Å². The Kier molecular flexibility index (Phi) is 4.58. The van der Waals surface area contributed by atoms with E-state index in [1.807, 2.05) is 0 Å². The SMILES string of the molecule is O=C(OC1NCc2cc(-c3c(F)ccnc3C(F)(F)F)ccc21)C(F)(F)F. The summed E-state index contributed by atoms with van der Waals surface area (Å²) in [7, 11) is 0. The van der Waals surface area contributed by atoms with Crippen LogP contribution < -0.4 is 5.32 Å². The van der Waals surface area contributed by atoms with Gasteiger partial charge in [0.2, 0.25) is 0 Å². The Balaban J connectivity index is 1.97. The van der Waals surface area contributed by atoms with Crippen LogP contribution in [0, 0.1) is 5.82 Å². The number of ether oxygens (including phenoxy) is 1. The third-order valence-corrected chi connectivity index (χ3v) is 3.82. The highest BCUT2D eigenvalue weighted by atomic mass is 19.4. The van der Waals surface area contributed by atoms with E-state index in [9.17, 15) is 35.5 Å². The van der Waals surface area contributed by atoms with Crippen LogP contribution in [0.5, 0.6) is 0 Å². The van der Waals surface area contributed by atoms with E-state index < -0.39 is 41.6 Å². The van der Waals surface area contributed by atoms with Gasteiger partial charge in [0.15, 0.2) is 11.9 Å². The molecule has 0 saturated heterocycles. The second kappa shape index (κ2) is 6.48. The van der Waals surface area contributed by atoms with Gasteiger partial charge < -0.3 is 4.74 Å². The largest absolute Gasteiger partial charge is 0.490 e. The Hall–Kier alpha value is -2.69. The lowest BCUT2D eigenvalue weighted by molar-refractivity contribution is -0.206. The van der Waals surface area contributed by atoms with Crippen LogP contribution in [0.2, 0.25) is 0 Å². The minimum absolute atomic E-state index is 0.0811. The molecule has 1 unspecified atom stereocenters. The van der Waals surface area contributed by atoms with Crippen LogP contribution in [0.3, 0.4) is 0 Å². The molecule has 2 aromatic rings. The number of rotatable bonds is 2. The Morgan fingerprint density at radius 2 is 1.85 bits per heavy atom. The smallest absolute Gasteiger partial charge is 0.436 e. The summed E-state index contributed by atoms with van der Waals surface area (Å²) in [5.74, 6) is -3.56. The van der Waals surface area contributed by atoms with Gasteiger partial charge in [-0.1, -0.05) is 12.1 Å². The van der Waals surface area contributed by atoms with Gasteiger partial charge in [-0.3, -0.25) is 10.3 Å². The summed E-state index contributed by atoms with van der Waals surface area (Å²) in [6.45, 7) is -0.0811. The van der Waals surface area contributed by atoms with Gasteiger partial charge in [-0.25, -0.2) is 9.18 Å². The molecule has 0 fully saturated rings. The number of carbonyl (C=O) groups is 1. The summed E-state index contributed by atoms with van der Waals surface area (Å²) in [5, 5.41) is 2.49. The summed E-state index contributed by atoms with van der Waals surface area (Å²) >= 11 is 0. The van der Waals surface area contributed by atoms with Gasteiger partial charge in [0.1, 0.15) is 5.82 Å². The van der Waals surface area contributed by atoms with E-state index in [0.29, 0.717) is 6.20 Å². The third-order valence-electron chi connectivity index (χ3n) is 3.82. The lowest BCUT2D eigenvalue weighted by Gasteiger charge is -2.16. The van der Waals surface area contributed by atoms with Gasteiger partial charge in [-0.05, 0) is 23.3 Å². The van der Waals surface area contributed by atoms with Gasteiger partial charge in [0, 0.05) is 23.9 Å². The molecular formula is C16H9F7N2O2. The fraction of sp³-hybridized carbons (Fsp3) is 0.250. The van der Waals surface area contributed by atoms with Crippen molar-refractivity contribution in [2.24, 2.45) is 0 Å². The van der Waals surface area contributed by atoms with Crippen molar-refractivity contribution in [2.75, 3.05) is 0 Å². The lowest BCUT2D eigenvalue weighted by Crippen LogP contribution is -2.30. The van der Waals surface area contributed by atoms with Crippen LogP contribution in [-0.4, -0.2) is 17.1 Å². The lowest BCUT2D eigenvalue weighted by atomic mass is 9.98. The molecule has 0 amide bonds. The van der Waals surface area contributed by atoms with Crippen molar-refractivity contribution in [1.82, 2.24) is 10.3 Å². The van der Waals surface area contributed by atoms with Crippen LogP contribution in [0.1, 0.15) is 23.0 Å². The highest BCUT2D eigenvalue weighted by Crippen LogP contribution is 2.39. The van der Waals surface area contributed by atoms with Crippen LogP contribution in [0.15, 0.2) is 30.5 Å². The zero-order valence-corrected chi connectivity index (χ0v) is 13.1. The second-order valence-corrected chi connectivity index (χ2v) is 5.59. The number of nitrogens with zero attached hydrogens (tertiary/aromatic N) is 1. The van der Waals surface area contributed by atoms with Gasteiger partial charge in [-0.2, -0.15) is 26.3 Å².